The summed E-state index contributed by atoms with van der Waals surface area (Å²) in [5.41, 5.74) is 1.85. The average Bonchev–Trinajstić information content (AvgIpc) is 2.74. The highest BCUT2D eigenvalue weighted by molar-refractivity contribution is 8.00. The van der Waals surface area contributed by atoms with E-state index in [0.717, 1.165) is 27.6 Å². The highest BCUT2D eigenvalue weighted by atomic mass is 32.2. The molecule has 1 amide bonds. The Balaban J connectivity index is 1.53. The predicted molar refractivity (Wildman–Crippen MR) is 114 cm³/mol. The first-order valence-electron chi connectivity index (χ1n) is 9.03. The summed E-state index contributed by atoms with van der Waals surface area (Å²) in [4.78, 5) is 13.5. The molecule has 0 heterocycles. The molecule has 0 aliphatic rings. The number of anilines is 1. The van der Waals surface area contributed by atoms with E-state index in [1.54, 1.807) is 7.11 Å². The zero-order chi connectivity index (χ0) is 19.8. The lowest BCUT2D eigenvalue weighted by Gasteiger charge is -2.14. The molecule has 1 N–H and O–H groups in total. The molecule has 0 saturated carbocycles. The molecule has 5 heteroatoms. The molecule has 1 atom stereocenters. The average molecular weight is 394 g/mol. The molecule has 144 valence electrons. The van der Waals surface area contributed by atoms with Crippen LogP contribution >= 0.6 is 11.8 Å². The maximum Gasteiger partial charge on any atom is 0.237 e. The molecule has 0 bridgehead atoms. The van der Waals surface area contributed by atoms with Gasteiger partial charge in [-0.2, -0.15) is 0 Å². The minimum absolute atomic E-state index is 0.0612. The highest BCUT2D eigenvalue weighted by Crippen LogP contribution is 2.32. The summed E-state index contributed by atoms with van der Waals surface area (Å²) in [6.45, 7) is 2.39. The molecule has 0 saturated heterocycles. The number of benzene rings is 3. The topological polar surface area (TPSA) is 47.6 Å². The van der Waals surface area contributed by atoms with Crippen molar-refractivity contribution in [2.24, 2.45) is 0 Å². The standard InChI is InChI=1S/C23H23NO3S/c1-17(28-22-11-7-6-10-21(22)26-2)23(25)24-19-12-14-20(15-13-19)27-16-18-8-4-3-5-9-18/h3-15,17H,16H2,1-2H3,(H,24,25). The van der Waals surface area contributed by atoms with Gasteiger partial charge in [0.25, 0.3) is 0 Å². The molecule has 3 aromatic carbocycles. The van der Waals surface area contributed by atoms with Crippen molar-refractivity contribution in [1.29, 1.82) is 0 Å². The maximum atomic E-state index is 12.5. The van der Waals surface area contributed by atoms with E-state index in [1.807, 2.05) is 85.8 Å². The van der Waals surface area contributed by atoms with Gasteiger partial charge in [-0.25, -0.2) is 0 Å². The van der Waals surface area contributed by atoms with Crippen molar-refractivity contribution >= 4 is 23.4 Å². The lowest BCUT2D eigenvalue weighted by Crippen LogP contribution is -2.22. The van der Waals surface area contributed by atoms with Crippen molar-refractivity contribution in [3.05, 3.63) is 84.4 Å². The van der Waals surface area contributed by atoms with Gasteiger partial charge >= 0.3 is 0 Å². The van der Waals surface area contributed by atoms with Crippen LogP contribution < -0.4 is 14.8 Å². The summed E-state index contributed by atoms with van der Waals surface area (Å²) in [7, 11) is 1.63. The monoisotopic (exact) mass is 393 g/mol. The van der Waals surface area contributed by atoms with Crippen LogP contribution in [0.1, 0.15) is 12.5 Å². The lowest BCUT2D eigenvalue weighted by molar-refractivity contribution is -0.115. The number of thioether (sulfide) groups is 1. The number of rotatable bonds is 8. The predicted octanol–water partition coefficient (Wildman–Crippen LogP) is 5.39. The Morgan fingerprint density at radius 3 is 2.36 bits per heavy atom. The highest BCUT2D eigenvalue weighted by Gasteiger charge is 2.16. The van der Waals surface area contributed by atoms with Crippen molar-refractivity contribution in [2.45, 2.75) is 23.7 Å². The molecular weight excluding hydrogens is 370 g/mol. The van der Waals surface area contributed by atoms with Crippen LogP contribution in [-0.2, 0) is 11.4 Å². The smallest absolute Gasteiger partial charge is 0.237 e. The first kappa shape index (κ1) is 19.8. The Hall–Kier alpha value is -2.92. The summed E-state index contributed by atoms with van der Waals surface area (Å²) in [5.74, 6) is 1.47. The van der Waals surface area contributed by atoms with E-state index >= 15 is 0 Å². The number of hydrogen-bond donors (Lipinski definition) is 1. The second-order valence-corrected chi connectivity index (χ2v) is 7.58. The van der Waals surface area contributed by atoms with Crippen molar-refractivity contribution in [2.75, 3.05) is 12.4 Å². The number of carbonyl (C=O) groups excluding carboxylic acids is 1. The summed E-state index contributed by atoms with van der Waals surface area (Å²) in [5, 5.41) is 2.69. The van der Waals surface area contributed by atoms with Gasteiger partial charge in [-0.3, -0.25) is 4.79 Å². The van der Waals surface area contributed by atoms with E-state index in [-0.39, 0.29) is 11.2 Å². The van der Waals surface area contributed by atoms with Crippen LogP contribution in [0, 0.1) is 0 Å². The molecule has 1 unspecified atom stereocenters. The van der Waals surface area contributed by atoms with Gasteiger partial charge in [-0.1, -0.05) is 42.5 Å². The number of methoxy groups -OCH3 is 1. The molecule has 4 nitrogen and oxygen atoms in total. The van der Waals surface area contributed by atoms with E-state index in [9.17, 15) is 4.79 Å². The third-order valence-corrected chi connectivity index (χ3v) is 5.27. The fraction of sp³-hybridized carbons (Fsp3) is 0.174. The molecule has 0 aliphatic heterocycles. The van der Waals surface area contributed by atoms with Gasteiger partial charge < -0.3 is 14.8 Å². The van der Waals surface area contributed by atoms with E-state index in [1.165, 1.54) is 11.8 Å². The minimum Gasteiger partial charge on any atom is -0.496 e. The van der Waals surface area contributed by atoms with Crippen LogP contribution in [0.15, 0.2) is 83.8 Å². The first-order chi connectivity index (χ1) is 13.7. The van der Waals surface area contributed by atoms with Crippen LogP contribution in [-0.4, -0.2) is 18.3 Å². The van der Waals surface area contributed by atoms with Crippen molar-refractivity contribution in [1.82, 2.24) is 0 Å². The first-order valence-corrected chi connectivity index (χ1v) is 9.91. The van der Waals surface area contributed by atoms with Crippen molar-refractivity contribution in [3.8, 4) is 11.5 Å². The normalized spacial score (nSPS) is 11.5. The maximum absolute atomic E-state index is 12.5. The number of para-hydroxylation sites is 1. The van der Waals surface area contributed by atoms with Crippen LogP contribution in [0.3, 0.4) is 0 Å². The summed E-state index contributed by atoms with van der Waals surface area (Å²) in [6.07, 6.45) is 0. The number of hydrogen-bond acceptors (Lipinski definition) is 4. The molecule has 0 aromatic heterocycles. The van der Waals surface area contributed by atoms with E-state index in [2.05, 4.69) is 5.32 Å². The number of amides is 1. The van der Waals surface area contributed by atoms with E-state index in [0.29, 0.717) is 6.61 Å². The lowest BCUT2D eigenvalue weighted by atomic mass is 10.2. The zero-order valence-electron chi connectivity index (χ0n) is 15.9. The molecule has 3 aromatic rings. The Bertz CT molecular complexity index is 897. The van der Waals surface area contributed by atoms with Crippen LogP contribution in [0.5, 0.6) is 11.5 Å². The van der Waals surface area contributed by atoms with Gasteiger partial charge in [-0.15, -0.1) is 11.8 Å². The van der Waals surface area contributed by atoms with Gasteiger partial charge in [0.05, 0.1) is 17.3 Å². The zero-order valence-corrected chi connectivity index (χ0v) is 16.7. The number of ether oxygens (including phenoxy) is 2. The Labute approximate surface area is 169 Å². The minimum atomic E-state index is -0.259. The van der Waals surface area contributed by atoms with Crippen LogP contribution in [0.4, 0.5) is 5.69 Å². The molecular formula is C23H23NO3S. The van der Waals surface area contributed by atoms with Gasteiger partial charge in [0, 0.05) is 5.69 Å². The molecule has 0 aliphatic carbocycles. The molecule has 0 fully saturated rings. The quantitative estimate of drug-likeness (QED) is 0.521. The van der Waals surface area contributed by atoms with Gasteiger partial charge in [0.15, 0.2) is 0 Å². The largest absolute Gasteiger partial charge is 0.496 e. The van der Waals surface area contributed by atoms with Gasteiger partial charge in [0.1, 0.15) is 18.1 Å². The Morgan fingerprint density at radius 1 is 0.964 bits per heavy atom. The summed E-state index contributed by atoms with van der Waals surface area (Å²) in [6, 6.07) is 25.1. The Morgan fingerprint density at radius 2 is 1.64 bits per heavy atom. The fourth-order valence-electron chi connectivity index (χ4n) is 2.58. The number of carbonyl (C=O) groups is 1. The van der Waals surface area contributed by atoms with Gasteiger partial charge in [-0.05, 0) is 48.9 Å². The SMILES string of the molecule is COc1ccccc1SC(C)C(=O)Nc1ccc(OCc2ccccc2)cc1. The summed E-state index contributed by atoms with van der Waals surface area (Å²) >= 11 is 1.47. The van der Waals surface area contributed by atoms with Crippen molar-refractivity contribution in [3.63, 3.8) is 0 Å². The van der Waals surface area contributed by atoms with Crippen LogP contribution in [0.2, 0.25) is 0 Å². The fourth-order valence-corrected chi connectivity index (χ4v) is 3.55. The Kier molecular flexibility index (Phi) is 6.98. The van der Waals surface area contributed by atoms with Gasteiger partial charge in [0.2, 0.25) is 5.91 Å². The molecule has 0 spiro atoms. The molecule has 28 heavy (non-hydrogen) atoms. The second-order valence-electron chi connectivity index (χ2n) is 6.20. The van der Waals surface area contributed by atoms with E-state index < -0.39 is 0 Å². The third-order valence-electron chi connectivity index (χ3n) is 4.11. The third kappa shape index (κ3) is 5.54. The van der Waals surface area contributed by atoms with Crippen molar-refractivity contribution < 1.29 is 14.3 Å². The van der Waals surface area contributed by atoms with E-state index in [4.69, 9.17) is 9.47 Å². The number of nitrogens with one attached hydrogen (secondary N) is 1. The molecule has 0 radical (unpaired) electrons. The molecule has 3 rings (SSSR count). The second kappa shape index (κ2) is 9.85. The summed E-state index contributed by atoms with van der Waals surface area (Å²) < 4.78 is 11.1. The van der Waals surface area contributed by atoms with Crippen LogP contribution in [0.25, 0.3) is 0 Å².